The second-order valence-electron chi connectivity index (χ2n) is 7.55. The van der Waals surface area contributed by atoms with Crippen LogP contribution >= 0.6 is 11.3 Å². The van der Waals surface area contributed by atoms with E-state index in [2.05, 4.69) is 0 Å². The molecule has 1 amide bonds. The number of rotatable bonds is 3. The van der Waals surface area contributed by atoms with E-state index in [1.165, 1.54) is 23.5 Å². The molecule has 164 valence electrons. The van der Waals surface area contributed by atoms with Crippen LogP contribution in [0.1, 0.15) is 33.2 Å². The molecule has 1 atom stereocenters. The molecule has 2 heterocycles. The Morgan fingerprint density at radius 1 is 1.03 bits per heavy atom. The number of hydrogen-bond acceptors (Lipinski definition) is 4. The number of carbonyl (C=O) groups is 2. The van der Waals surface area contributed by atoms with Crippen molar-refractivity contribution in [2.75, 3.05) is 4.90 Å². The lowest BCUT2D eigenvalue weighted by Gasteiger charge is -2.25. The van der Waals surface area contributed by atoms with Crippen LogP contribution in [-0.2, 0) is 15.8 Å². The minimum absolute atomic E-state index is 0.0670. The highest BCUT2D eigenvalue weighted by Crippen LogP contribution is 2.45. The number of carbonyl (C=O) groups excluding carboxylic acids is 2. The molecular weight excluding hydrogens is 439 g/mol. The van der Waals surface area contributed by atoms with Gasteiger partial charge in [0.25, 0.3) is 11.7 Å². The number of Topliss-reactive ketones (excluding diaryl/α,β-unsaturated/α-hetero) is 1. The topological polar surface area (TPSA) is 57.6 Å². The van der Waals surface area contributed by atoms with E-state index >= 15 is 0 Å². The molecule has 0 aliphatic carbocycles. The third-order valence-electron chi connectivity index (χ3n) is 5.37. The lowest BCUT2D eigenvalue weighted by Crippen LogP contribution is -2.29. The van der Waals surface area contributed by atoms with E-state index in [1.807, 2.05) is 6.92 Å². The monoisotopic (exact) mass is 457 g/mol. The highest BCUT2D eigenvalue weighted by Gasteiger charge is 2.48. The van der Waals surface area contributed by atoms with Gasteiger partial charge in [0.2, 0.25) is 0 Å². The van der Waals surface area contributed by atoms with Gasteiger partial charge >= 0.3 is 6.18 Å². The van der Waals surface area contributed by atoms with Crippen LogP contribution in [0.15, 0.2) is 65.6 Å². The number of nitrogens with zero attached hydrogens (tertiary/aromatic N) is 1. The Morgan fingerprint density at radius 3 is 2.31 bits per heavy atom. The van der Waals surface area contributed by atoms with Gasteiger partial charge in [-0.15, -0.1) is 11.3 Å². The smallest absolute Gasteiger partial charge is 0.416 e. The molecule has 0 saturated carbocycles. The van der Waals surface area contributed by atoms with Gasteiger partial charge in [-0.05, 0) is 49.1 Å². The summed E-state index contributed by atoms with van der Waals surface area (Å²) < 4.78 is 39.9. The first-order valence-electron chi connectivity index (χ1n) is 9.69. The van der Waals surface area contributed by atoms with E-state index in [4.69, 9.17) is 0 Å². The lowest BCUT2D eigenvalue weighted by atomic mass is 9.98. The first kappa shape index (κ1) is 21.8. The van der Waals surface area contributed by atoms with Gasteiger partial charge < -0.3 is 5.11 Å². The predicted octanol–water partition coefficient (Wildman–Crippen LogP) is 6.01. The first-order chi connectivity index (χ1) is 15.1. The Balaban J connectivity index is 1.94. The molecule has 32 heavy (non-hydrogen) atoms. The van der Waals surface area contributed by atoms with E-state index in [9.17, 15) is 27.9 Å². The molecule has 0 bridgehead atoms. The zero-order chi connectivity index (χ0) is 23.2. The number of aliphatic hydroxyl groups is 1. The molecule has 4 rings (SSSR count). The van der Waals surface area contributed by atoms with Crippen LogP contribution in [0.25, 0.3) is 5.76 Å². The van der Waals surface area contributed by atoms with E-state index in [0.717, 1.165) is 28.2 Å². The van der Waals surface area contributed by atoms with Crippen LogP contribution in [0.2, 0.25) is 0 Å². The summed E-state index contributed by atoms with van der Waals surface area (Å²) in [5.41, 5.74) is 0.892. The summed E-state index contributed by atoms with van der Waals surface area (Å²) in [5, 5.41) is 12.8. The van der Waals surface area contributed by atoms with Gasteiger partial charge in [-0.25, -0.2) is 0 Å². The Morgan fingerprint density at radius 2 is 1.72 bits per heavy atom. The Kier molecular flexibility index (Phi) is 5.42. The largest absolute Gasteiger partial charge is 0.507 e. The highest BCUT2D eigenvalue weighted by molar-refractivity contribution is 7.10. The number of aliphatic hydroxyl groups excluding tert-OH is 1. The van der Waals surface area contributed by atoms with Crippen LogP contribution in [0.3, 0.4) is 0 Å². The number of anilines is 1. The fourth-order valence-electron chi connectivity index (χ4n) is 3.71. The summed E-state index contributed by atoms with van der Waals surface area (Å²) in [6, 6.07) is 11.8. The number of ketones is 1. The number of hydrogen-bond donors (Lipinski definition) is 1. The molecule has 1 aliphatic heterocycles. The molecule has 8 heteroatoms. The average Bonchev–Trinajstić information content (AvgIpc) is 3.28. The van der Waals surface area contributed by atoms with Crippen molar-refractivity contribution in [1.82, 2.24) is 0 Å². The standard InChI is InChI=1S/C24H18F3NO3S/c1-13-6-8-15(9-7-13)20(29)18-19(22-14(2)10-11-32-22)28(23(31)21(18)30)17-5-3-4-16(12-17)24(25,26)27/h3-12,19,29H,1-2H3/b20-18-. The predicted molar refractivity (Wildman–Crippen MR) is 116 cm³/mol. The fourth-order valence-corrected chi connectivity index (χ4v) is 4.74. The maximum absolute atomic E-state index is 13.3. The van der Waals surface area contributed by atoms with Gasteiger partial charge in [-0.2, -0.15) is 13.2 Å². The quantitative estimate of drug-likeness (QED) is 0.298. The SMILES string of the molecule is Cc1ccc(/C(O)=C2/C(=O)C(=O)N(c3cccc(C(F)(F)F)c3)C2c2sccc2C)cc1. The number of benzene rings is 2. The van der Waals surface area contributed by atoms with Crippen molar-refractivity contribution in [3.63, 3.8) is 0 Å². The third-order valence-corrected chi connectivity index (χ3v) is 6.44. The maximum Gasteiger partial charge on any atom is 0.416 e. The van der Waals surface area contributed by atoms with E-state index in [0.29, 0.717) is 10.4 Å². The zero-order valence-electron chi connectivity index (χ0n) is 17.1. The minimum Gasteiger partial charge on any atom is -0.507 e. The number of aryl methyl sites for hydroxylation is 2. The number of thiophene rings is 1. The van der Waals surface area contributed by atoms with Gasteiger partial charge in [0, 0.05) is 16.1 Å². The number of alkyl halides is 3. The van der Waals surface area contributed by atoms with Crippen molar-refractivity contribution in [1.29, 1.82) is 0 Å². The molecule has 1 unspecified atom stereocenters. The van der Waals surface area contributed by atoms with Gasteiger partial charge in [0.05, 0.1) is 11.1 Å². The molecule has 0 spiro atoms. The summed E-state index contributed by atoms with van der Waals surface area (Å²) in [6.07, 6.45) is -4.61. The highest BCUT2D eigenvalue weighted by atomic mass is 32.1. The fraction of sp³-hybridized carbons (Fsp3) is 0.167. The second-order valence-corrected chi connectivity index (χ2v) is 8.50. The van der Waals surface area contributed by atoms with E-state index in [1.54, 1.807) is 42.6 Å². The van der Waals surface area contributed by atoms with Crippen molar-refractivity contribution >= 4 is 34.5 Å². The van der Waals surface area contributed by atoms with Crippen molar-refractivity contribution in [3.8, 4) is 0 Å². The summed E-state index contributed by atoms with van der Waals surface area (Å²) in [7, 11) is 0. The van der Waals surface area contributed by atoms with Crippen LogP contribution in [-0.4, -0.2) is 16.8 Å². The number of amides is 1. The lowest BCUT2D eigenvalue weighted by molar-refractivity contribution is -0.137. The van der Waals surface area contributed by atoms with Crippen molar-refractivity contribution in [2.45, 2.75) is 26.1 Å². The maximum atomic E-state index is 13.3. The van der Waals surface area contributed by atoms with Gasteiger partial charge in [-0.1, -0.05) is 35.9 Å². The third kappa shape index (κ3) is 3.71. The Hall–Kier alpha value is -3.39. The molecule has 0 radical (unpaired) electrons. The van der Waals surface area contributed by atoms with E-state index < -0.39 is 29.5 Å². The molecular formula is C24H18F3NO3S. The van der Waals surface area contributed by atoms with Crippen molar-refractivity contribution in [2.24, 2.45) is 0 Å². The van der Waals surface area contributed by atoms with Crippen molar-refractivity contribution in [3.05, 3.63) is 92.7 Å². The molecule has 2 aromatic carbocycles. The van der Waals surface area contributed by atoms with Crippen LogP contribution in [0.5, 0.6) is 0 Å². The van der Waals surface area contributed by atoms with Gasteiger partial charge in [0.1, 0.15) is 11.8 Å². The molecule has 1 N–H and O–H groups in total. The van der Waals surface area contributed by atoms with E-state index in [-0.39, 0.29) is 17.0 Å². The molecule has 1 fully saturated rings. The molecule has 1 aliphatic rings. The average molecular weight is 457 g/mol. The van der Waals surface area contributed by atoms with Gasteiger partial charge in [-0.3, -0.25) is 14.5 Å². The van der Waals surface area contributed by atoms with Crippen LogP contribution < -0.4 is 4.90 Å². The van der Waals surface area contributed by atoms with Gasteiger partial charge in [0.15, 0.2) is 0 Å². The minimum atomic E-state index is -4.61. The van der Waals surface area contributed by atoms with Crippen molar-refractivity contribution < 1.29 is 27.9 Å². The zero-order valence-corrected chi connectivity index (χ0v) is 17.9. The number of halogens is 3. The molecule has 4 nitrogen and oxygen atoms in total. The second kappa shape index (κ2) is 7.94. The normalized spacial score (nSPS) is 18.4. The molecule has 3 aromatic rings. The summed E-state index contributed by atoms with van der Waals surface area (Å²) in [4.78, 5) is 27.7. The first-order valence-corrected chi connectivity index (χ1v) is 10.6. The summed E-state index contributed by atoms with van der Waals surface area (Å²) in [6.45, 7) is 3.65. The van der Waals surface area contributed by atoms with Crippen LogP contribution in [0, 0.1) is 13.8 Å². The Bertz CT molecular complexity index is 1240. The molecule has 1 aromatic heterocycles. The Labute approximate surface area is 186 Å². The summed E-state index contributed by atoms with van der Waals surface area (Å²) in [5.74, 6) is -2.30. The molecule has 1 saturated heterocycles. The summed E-state index contributed by atoms with van der Waals surface area (Å²) >= 11 is 1.26. The van der Waals surface area contributed by atoms with Crippen LogP contribution in [0.4, 0.5) is 18.9 Å².